The van der Waals surface area contributed by atoms with Crippen LogP contribution in [0.2, 0.25) is 0 Å². The number of carboxylic acids is 1. The third kappa shape index (κ3) is 4.45. The first kappa shape index (κ1) is 18.7. The first-order valence-electron chi connectivity index (χ1n) is 7.93. The summed E-state index contributed by atoms with van der Waals surface area (Å²) in [4.78, 5) is 23.6. The van der Waals surface area contributed by atoms with E-state index in [2.05, 4.69) is 10.4 Å². The average Bonchev–Trinajstić information content (AvgIpc) is 3.01. The minimum atomic E-state index is -1.13. The van der Waals surface area contributed by atoms with E-state index in [1.165, 1.54) is 7.11 Å². The Balaban J connectivity index is 2.31. The maximum absolute atomic E-state index is 12.6. The number of hydrogen-bond donors (Lipinski definition) is 2. The molecule has 0 aliphatic heterocycles. The molecular weight excluding hydrogens is 322 g/mol. The number of nitrogens with zero attached hydrogens (tertiary/aromatic N) is 2. The number of aromatic nitrogens is 2. The van der Waals surface area contributed by atoms with Gasteiger partial charge in [-0.1, -0.05) is 39.0 Å². The molecule has 2 N–H and O–H groups in total. The van der Waals surface area contributed by atoms with E-state index in [-0.39, 0.29) is 17.9 Å². The van der Waals surface area contributed by atoms with Gasteiger partial charge in [-0.2, -0.15) is 5.10 Å². The molecule has 0 bridgehead atoms. The Morgan fingerprint density at radius 1 is 1.28 bits per heavy atom. The van der Waals surface area contributed by atoms with Crippen LogP contribution < -0.4 is 5.32 Å². The van der Waals surface area contributed by atoms with E-state index in [1.54, 1.807) is 10.9 Å². The smallest absolute Gasteiger partial charge is 0.334 e. The van der Waals surface area contributed by atoms with Gasteiger partial charge in [0.25, 0.3) is 5.91 Å². The van der Waals surface area contributed by atoms with Crippen LogP contribution in [0.1, 0.15) is 36.8 Å². The summed E-state index contributed by atoms with van der Waals surface area (Å²) in [6.07, 6.45) is 0.569. The van der Waals surface area contributed by atoms with Crippen LogP contribution in [-0.2, 0) is 14.9 Å². The molecule has 1 atom stereocenters. The van der Waals surface area contributed by atoms with Crippen molar-refractivity contribution in [3.63, 3.8) is 0 Å². The molecular formula is C18H23N3O4. The summed E-state index contributed by atoms with van der Waals surface area (Å²) in [5, 5.41) is 16.2. The Bertz CT molecular complexity index is 747. The van der Waals surface area contributed by atoms with Crippen LogP contribution in [0.3, 0.4) is 0 Å². The minimum Gasteiger partial charge on any atom is -0.479 e. The molecule has 0 aliphatic rings. The average molecular weight is 345 g/mol. The van der Waals surface area contributed by atoms with Crippen LogP contribution in [0.25, 0.3) is 5.69 Å². The van der Waals surface area contributed by atoms with Gasteiger partial charge in [0, 0.05) is 18.7 Å². The van der Waals surface area contributed by atoms with Crippen molar-refractivity contribution in [3.8, 4) is 5.69 Å². The molecule has 25 heavy (non-hydrogen) atoms. The maximum atomic E-state index is 12.6. The number of para-hydroxylation sites is 1. The third-order valence-corrected chi connectivity index (χ3v) is 3.70. The highest BCUT2D eigenvalue weighted by Crippen LogP contribution is 2.25. The zero-order valence-corrected chi connectivity index (χ0v) is 14.8. The number of hydrogen-bond acceptors (Lipinski definition) is 4. The molecule has 0 aliphatic carbocycles. The van der Waals surface area contributed by atoms with Gasteiger partial charge in [0.15, 0.2) is 6.10 Å². The maximum Gasteiger partial charge on any atom is 0.334 e. The van der Waals surface area contributed by atoms with Crippen molar-refractivity contribution in [1.82, 2.24) is 15.1 Å². The van der Waals surface area contributed by atoms with E-state index in [4.69, 9.17) is 9.84 Å². The number of amides is 1. The molecule has 0 saturated heterocycles. The van der Waals surface area contributed by atoms with Crippen LogP contribution in [0.4, 0.5) is 0 Å². The first-order valence-corrected chi connectivity index (χ1v) is 7.93. The Morgan fingerprint density at radius 3 is 2.44 bits per heavy atom. The molecule has 2 rings (SSSR count). The van der Waals surface area contributed by atoms with Gasteiger partial charge in [-0.3, -0.25) is 4.79 Å². The second kappa shape index (κ2) is 7.48. The van der Waals surface area contributed by atoms with Gasteiger partial charge < -0.3 is 15.2 Å². The van der Waals surface area contributed by atoms with Crippen LogP contribution in [-0.4, -0.2) is 46.5 Å². The highest BCUT2D eigenvalue weighted by molar-refractivity contribution is 5.95. The predicted octanol–water partition coefficient (Wildman–Crippen LogP) is 2.00. The quantitative estimate of drug-likeness (QED) is 0.835. The number of ether oxygens (including phenoxy) is 1. The van der Waals surface area contributed by atoms with Gasteiger partial charge >= 0.3 is 5.97 Å². The Hall–Kier alpha value is -2.67. The number of carboxylic acid groups (broad SMARTS) is 1. The van der Waals surface area contributed by atoms with Crippen molar-refractivity contribution in [2.75, 3.05) is 13.7 Å². The topological polar surface area (TPSA) is 93.5 Å². The summed E-state index contributed by atoms with van der Waals surface area (Å²) in [5.41, 5.74) is 1.54. The van der Waals surface area contributed by atoms with E-state index in [9.17, 15) is 9.59 Å². The van der Waals surface area contributed by atoms with Crippen LogP contribution in [0, 0.1) is 0 Å². The molecule has 0 spiro atoms. The standard InChI is InChI=1S/C18H23N3O4/c1-18(2,3)15-13(16(22)19-10-14(25-4)17(23)24)11-21(20-15)12-8-6-5-7-9-12/h5-9,11,14H,10H2,1-4H3,(H,19,22)(H,23,24). The number of methoxy groups -OCH3 is 1. The van der Waals surface area contributed by atoms with Gasteiger partial charge in [0.05, 0.1) is 23.5 Å². The Labute approximate surface area is 146 Å². The lowest BCUT2D eigenvalue weighted by molar-refractivity contribution is -0.148. The van der Waals surface area contributed by atoms with Gasteiger partial charge in [0.2, 0.25) is 0 Å². The summed E-state index contributed by atoms with van der Waals surface area (Å²) in [7, 11) is 1.29. The fraction of sp³-hybridized carbons (Fsp3) is 0.389. The number of carbonyl (C=O) groups is 2. The molecule has 1 unspecified atom stereocenters. The highest BCUT2D eigenvalue weighted by Gasteiger charge is 2.27. The molecule has 0 saturated carbocycles. The Morgan fingerprint density at radius 2 is 1.92 bits per heavy atom. The second-order valence-corrected chi connectivity index (χ2v) is 6.69. The van der Waals surface area contributed by atoms with Crippen LogP contribution >= 0.6 is 0 Å². The highest BCUT2D eigenvalue weighted by atomic mass is 16.5. The summed E-state index contributed by atoms with van der Waals surface area (Å²) in [6, 6.07) is 9.48. The van der Waals surface area contributed by atoms with Crippen molar-refractivity contribution in [3.05, 3.63) is 47.8 Å². The molecule has 0 radical (unpaired) electrons. The number of nitrogens with one attached hydrogen (secondary N) is 1. The van der Waals surface area contributed by atoms with E-state index in [0.29, 0.717) is 11.3 Å². The molecule has 134 valence electrons. The summed E-state index contributed by atoms with van der Waals surface area (Å²) < 4.78 is 6.49. The summed E-state index contributed by atoms with van der Waals surface area (Å²) in [5.74, 6) is -1.51. The largest absolute Gasteiger partial charge is 0.479 e. The predicted molar refractivity (Wildman–Crippen MR) is 93.0 cm³/mol. The number of aliphatic carboxylic acids is 1. The van der Waals surface area contributed by atoms with E-state index < -0.39 is 12.1 Å². The van der Waals surface area contributed by atoms with Gasteiger partial charge in [-0.05, 0) is 12.1 Å². The monoisotopic (exact) mass is 345 g/mol. The molecule has 1 aromatic carbocycles. The van der Waals surface area contributed by atoms with Crippen molar-refractivity contribution < 1.29 is 19.4 Å². The second-order valence-electron chi connectivity index (χ2n) is 6.69. The Kier molecular flexibility index (Phi) is 5.58. The minimum absolute atomic E-state index is 0.120. The molecule has 1 amide bonds. The molecule has 1 heterocycles. The van der Waals surface area contributed by atoms with Crippen molar-refractivity contribution in [1.29, 1.82) is 0 Å². The lowest BCUT2D eigenvalue weighted by Crippen LogP contribution is -2.38. The van der Waals surface area contributed by atoms with Gasteiger partial charge in [-0.15, -0.1) is 0 Å². The van der Waals surface area contributed by atoms with Crippen LogP contribution in [0.5, 0.6) is 0 Å². The van der Waals surface area contributed by atoms with Crippen LogP contribution in [0.15, 0.2) is 36.5 Å². The van der Waals surface area contributed by atoms with E-state index in [0.717, 1.165) is 5.69 Å². The molecule has 1 aromatic heterocycles. The SMILES string of the molecule is COC(CNC(=O)c1cn(-c2ccccc2)nc1C(C)(C)C)C(=O)O. The fourth-order valence-corrected chi connectivity index (χ4v) is 2.36. The molecule has 2 aromatic rings. The third-order valence-electron chi connectivity index (χ3n) is 3.70. The van der Waals surface area contributed by atoms with Gasteiger partial charge in [-0.25, -0.2) is 9.48 Å². The number of benzene rings is 1. The lowest BCUT2D eigenvalue weighted by atomic mass is 9.89. The van der Waals surface area contributed by atoms with Crippen molar-refractivity contribution in [2.24, 2.45) is 0 Å². The lowest BCUT2D eigenvalue weighted by Gasteiger charge is -2.17. The van der Waals surface area contributed by atoms with E-state index >= 15 is 0 Å². The molecule has 0 fully saturated rings. The van der Waals surface area contributed by atoms with Crippen molar-refractivity contribution in [2.45, 2.75) is 32.3 Å². The number of carbonyl (C=O) groups excluding carboxylic acids is 1. The van der Waals surface area contributed by atoms with E-state index in [1.807, 2.05) is 51.1 Å². The molecule has 7 heteroatoms. The summed E-state index contributed by atoms with van der Waals surface area (Å²) in [6.45, 7) is 5.79. The fourth-order valence-electron chi connectivity index (χ4n) is 2.36. The first-order chi connectivity index (χ1) is 11.7. The number of rotatable bonds is 6. The normalized spacial score (nSPS) is 12.6. The molecule has 7 nitrogen and oxygen atoms in total. The van der Waals surface area contributed by atoms with Crippen molar-refractivity contribution >= 4 is 11.9 Å². The summed E-state index contributed by atoms with van der Waals surface area (Å²) >= 11 is 0. The zero-order chi connectivity index (χ0) is 18.6. The van der Waals surface area contributed by atoms with Gasteiger partial charge in [0.1, 0.15) is 0 Å². The zero-order valence-electron chi connectivity index (χ0n) is 14.8.